The summed E-state index contributed by atoms with van der Waals surface area (Å²) in [7, 11) is 1.84. The van der Waals surface area contributed by atoms with Crippen LogP contribution < -0.4 is 5.32 Å². The van der Waals surface area contributed by atoms with Gasteiger partial charge in [0.15, 0.2) is 0 Å². The molecule has 4 rings (SSSR count). The molecule has 2 atom stereocenters. The zero-order chi connectivity index (χ0) is 34.5. The number of carbonyl (C=O) groups excluding carboxylic acids is 2. The molecule has 0 saturated heterocycles. The van der Waals surface area contributed by atoms with Gasteiger partial charge in [0, 0.05) is 42.0 Å². The smallest absolute Gasteiger partial charge is 0.308 e. The van der Waals surface area contributed by atoms with Crippen molar-refractivity contribution in [2.45, 2.75) is 84.8 Å². The number of esters is 1. The second-order valence-corrected chi connectivity index (χ2v) is 13.0. The molecule has 0 bridgehead atoms. The third kappa shape index (κ3) is 9.05. The topological polar surface area (TPSA) is 119 Å². The van der Waals surface area contributed by atoms with Crippen molar-refractivity contribution in [2.75, 3.05) is 0 Å². The maximum absolute atomic E-state index is 14.2. The van der Waals surface area contributed by atoms with E-state index in [1.807, 2.05) is 68.8 Å². The minimum Gasteiger partial charge on any atom is -0.460 e. The highest BCUT2D eigenvalue weighted by molar-refractivity contribution is 6.06. The van der Waals surface area contributed by atoms with E-state index in [9.17, 15) is 24.2 Å². The number of ether oxygens (including phenoxy) is 1. The number of aromatic nitrogens is 3. The van der Waals surface area contributed by atoms with Crippen LogP contribution in [0.1, 0.15) is 81.1 Å². The summed E-state index contributed by atoms with van der Waals surface area (Å²) in [6.07, 6.45) is 0.640. The normalized spacial score (nSPS) is 13.3. The summed E-state index contributed by atoms with van der Waals surface area (Å²) in [5, 5.41) is 29.0. The standard InChI is InChI=1S/C37H45FN4O5/c1-23(2)42-31(18-17-29(43)20-30(44)21-32(45)47-37(4,5)6)33(26-13-15-27(38)16-14-26)34(25-11-9-8-10-12-25)35(42)36(46)39-22-28-19-24(3)41(7)40-28/h8-19,23,29-30,43-44H,20-22H2,1-7H3,(H,39,46)/b18-17-/t29-,30-/m1/s1. The highest BCUT2D eigenvalue weighted by Crippen LogP contribution is 2.42. The van der Waals surface area contributed by atoms with Crippen molar-refractivity contribution in [3.8, 4) is 22.3 Å². The number of amides is 1. The fraction of sp³-hybridized carbons (Fsp3) is 0.378. The van der Waals surface area contributed by atoms with E-state index >= 15 is 0 Å². The predicted octanol–water partition coefficient (Wildman–Crippen LogP) is 6.37. The zero-order valence-electron chi connectivity index (χ0n) is 28.1. The summed E-state index contributed by atoms with van der Waals surface area (Å²) in [5.41, 5.74) is 4.81. The monoisotopic (exact) mass is 644 g/mol. The number of rotatable bonds is 12. The number of aliphatic hydroxyl groups excluding tert-OH is 2. The molecule has 2 aromatic heterocycles. The molecule has 0 aliphatic carbocycles. The van der Waals surface area contributed by atoms with E-state index in [1.165, 1.54) is 18.2 Å². The Balaban J connectivity index is 1.81. The largest absolute Gasteiger partial charge is 0.460 e. The number of hydrogen-bond donors (Lipinski definition) is 3. The molecule has 0 spiro atoms. The van der Waals surface area contributed by atoms with E-state index in [1.54, 1.807) is 43.7 Å². The molecular formula is C37H45FN4O5. The van der Waals surface area contributed by atoms with Crippen molar-refractivity contribution in [2.24, 2.45) is 7.05 Å². The van der Waals surface area contributed by atoms with Crippen LogP contribution in [0.5, 0.6) is 0 Å². The number of nitrogens with zero attached hydrogens (tertiary/aromatic N) is 3. The number of aliphatic hydroxyl groups is 2. The van der Waals surface area contributed by atoms with Crippen molar-refractivity contribution in [3.05, 3.63) is 95.3 Å². The van der Waals surface area contributed by atoms with Gasteiger partial charge in [0.2, 0.25) is 0 Å². The van der Waals surface area contributed by atoms with Gasteiger partial charge in [0.25, 0.3) is 5.91 Å². The van der Waals surface area contributed by atoms with Crippen LogP contribution in [0, 0.1) is 12.7 Å². The zero-order valence-corrected chi connectivity index (χ0v) is 28.1. The summed E-state index contributed by atoms with van der Waals surface area (Å²) in [5.74, 6) is -1.27. The Labute approximate surface area is 275 Å². The third-order valence-electron chi connectivity index (χ3n) is 7.58. The number of benzene rings is 2. The minimum absolute atomic E-state index is 0.105. The average Bonchev–Trinajstić information content (AvgIpc) is 3.50. The summed E-state index contributed by atoms with van der Waals surface area (Å²) >= 11 is 0. The van der Waals surface area contributed by atoms with Crippen molar-refractivity contribution in [3.63, 3.8) is 0 Å². The minimum atomic E-state index is -1.13. The van der Waals surface area contributed by atoms with Gasteiger partial charge in [-0.2, -0.15) is 5.10 Å². The van der Waals surface area contributed by atoms with Crippen molar-refractivity contribution >= 4 is 18.0 Å². The van der Waals surface area contributed by atoms with Gasteiger partial charge in [-0.05, 0) is 76.9 Å². The van der Waals surface area contributed by atoms with E-state index in [0.29, 0.717) is 33.8 Å². The molecule has 0 fully saturated rings. The fourth-order valence-corrected chi connectivity index (χ4v) is 5.52. The summed E-state index contributed by atoms with van der Waals surface area (Å²) in [4.78, 5) is 26.4. The SMILES string of the molecule is Cc1cc(CNC(=O)c2c(-c3ccccc3)c(-c3ccc(F)cc3)c(/C=C\[C@@H](O)C[C@@H](O)CC(=O)OC(C)(C)C)n2C(C)C)nn1C. The fourth-order valence-electron chi connectivity index (χ4n) is 5.52. The van der Waals surface area contributed by atoms with Crippen LogP contribution >= 0.6 is 0 Å². The van der Waals surface area contributed by atoms with Gasteiger partial charge >= 0.3 is 5.97 Å². The molecule has 4 aromatic rings. The summed E-state index contributed by atoms with van der Waals surface area (Å²) in [6.45, 7) is 11.3. The Bertz CT molecular complexity index is 1700. The third-order valence-corrected chi connectivity index (χ3v) is 7.58. The van der Waals surface area contributed by atoms with Crippen LogP contribution in [0.3, 0.4) is 0 Å². The van der Waals surface area contributed by atoms with E-state index in [-0.39, 0.29) is 31.3 Å². The van der Waals surface area contributed by atoms with Crippen LogP contribution in [0.25, 0.3) is 28.3 Å². The molecule has 0 unspecified atom stereocenters. The first kappa shape index (κ1) is 35.3. The Morgan fingerprint density at radius 2 is 1.66 bits per heavy atom. The average molecular weight is 645 g/mol. The van der Waals surface area contributed by atoms with Gasteiger partial charge < -0.3 is 24.8 Å². The molecule has 250 valence electrons. The Kier molecular flexibility index (Phi) is 11.2. The van der Waals surface area contributed by atoms with Gasteiger partial charge in [0.1, 0.15) is 17.1 Å². The molecule has 2 aromatic carbocycles. The van der Waals surface area contributed by atoms with Crippen LogP contribution in [-0.4, -0.2) is 54.2 Å². The summed E-state index contributed by atoms with van der Waals surface area (Å²) < 4.78 is 23.1. The number of hydrogen-bond acceptors (Lipinski definition) is 6. The molecule has 1 amide bonds. The Morgan fingerprint density at radius 1 is 1.02 bits per heavy atom. The second-order valence-electron chi connectivity index (χ2n) is 13.0. The first-order chi connectivity index (χ1) is 22.1. The quantitative estimate of drug-likeness (QED) is 0.154. The number of aryl methyl sites for hydroxylation is 2. The maximum Gasteiger partial charge on any atom is 0.308 e. The molecular weight excluding hydrogens is 599 g/mol. The number of halogens is 1. The van der Waals surface area contributed by atoms with Crippen LogP contribution in [-0.2, 0) is 23.1 Å². The molecule has 2 heterocycles. The van der Waals surface area contributed by atoms with Gasteiger partial charge in [-0.3, -0.25) is 14.3 Å². The number of carbonyl (C=O) groups is 2. The molecule has 3 N–H and O–H groups in total. The van der Waals surface area contributed by atoms with E-state index in [2.05, 4.69) is 10.4 Å². The number of nitrogens with one attached hydrogen (secondary N) is 1. The first-order valence-electron chi connectivity index (χ1n) is 15.8. The maximum atomic E-state index is 14.2. The first-order valence-corrected chi connectivity index (χ1v) is 15.8. The van der Waals surface area contributed by atoms with E-state index < -0.39 is 29.6 Å². The molecule has 0 radical (unpaired) electrons. The van der Waals surface area contributed by atoms with Crippen molar-refractivity contribution < 1.29 is 28.9 Å². The van der Waals surface area contributed by atoms with Gasteiger partial charge in [0.05, 0.1) is 30.9 Å². The highest BCUT2D eigenvalue weighted by atomic mass is 19.1. The van der Waals surface area contributed by atoms with Gasteiger partial charge in [-0.25, -0.2) is 4.39 Å². The second kappa shape index (κ2) is 14.9. The lowest BCUT2D eigenvalue weighted by Gasteiger charge is -2.21. The molecule has 10 heteroatoms. The molecule has 47 heavy (non-hydrogen) atoms. The van der Waals surface area contributed by atoms with Gasteiger partial charge in [-0.15, -0.1) is 0 Å². The van der Waals surface area contributed by atoms with Gasteiger partial charge in [-0.1, -0.05) is 48.5 Å². The molecule has 0 aliphatic rings. The lowest BCUT2D eigenvalue weighted by atomic mass is 9.94. The van der Waals surface area contributed by atoms with E-state index in [4.69, 9.17) is 4.74 Å². The summed E-state index contributed by atoms with van der Waals surface area (Å²) in [6, 6.07) is 17.3. The molecule has 0 aliphatic heterocycles. The van der Waals surface area contributed by atoms with Crippen molar-refractivity contribution in [1.29, 1.82) is 0 Å². The lowest BCUT2D eigenvalue weighted by Crippen LogP contribution is -2.27. The highest BCUT2D eigenvalue weighted by Gasteiger charge is 2.29. The van der Waals surface area contributed by atoms with Crippen LogP contribution in [0.2, 0.25) is 0 Å². The molecule has 0 saturated carbocycles. The van der Waals surface area contributed by atoms with E-state index in [0.717, 1.165) is 11.3 Å². The Hall–Kier alpha value is -4.54. The lowest BCUT2D eigenvalue weighted by molar-refractivity contribution is -0.157. The molecule has 9 nitrogen and oxygen atoms in total. The Morgan fingerprint density at radius 3 is 2.23 bits per heavy atom. The van der Waals surface area contributed by atoms with Crippen LogP contribution in [0.15, 0.2) is 66.7 Å². The van der Waals surface area contributed by atoms with Crippen molar-refractivity contribution in [1.82, 2.24) is 19.7 Å². The predicted molar refractivity (Wildman–Crippen MR) is 181 cm³/mol. The van der Waals surface area contributed by atoms with Crippen LogP contribution in [0.4, 0.5) is 4.39 Å².